The van der Waals surface area contributed by atoms with Crippen LogP contribution in [0, 0.1) is 5.82 Å². The molecule has 3 nitrogen and oxygen atoms in total. The maximum atomic E-state index is 12.9. The number of rotatable bonds is 4. The van der Waals surface area contributed by atoms with Crippen molar-refractivity contribution < 1.29 is 9.18 Å². The molecule has 0 spiro atoms. The van der Waals surface area contributed by atoms with Gasteiger partial charge in [-0.2, -0.15) is 0 Å². The van der Waals surface area contributed by atoms with Gasteiger partial charge in [-0.3, -0.25) is 4.79 Å². The first kappa shape index (κ1) is 15.5. The zero-order valence-electron chi connectivity index (χ0n) is 13.1. The number of hydrogen-bond donors (Lipinski definition) is 1. The van der Waals surface area contributed by atoms with E-state index in [2.05, 4.69) is 16.3 Å². The van der Waals surface area contributed by atoms with Crippen LogP contribution in [-0.2, 0) is 11.2 Å². The van der Waals surface area contributed by atoms with Crippen molar-refractivity contribution in [3.05, 3.63) is 59.9 Å². The van der Waals surface area contributed by atoms with E-state index in [4.69, 9.17) is 0 Å². The molecular formula is C19H21FN2O. The summed E-state index contributed by atoms with van der Waals surface area (Å²) >= 11 is 0. The van der Waals surface area contributed by atoms with Crippen molar-refractivity contribution in [2.75, 3.05) is 23.3 Å². The molecule has 0 aromatic heterocycles. The molecule has 4 heteroatoms. The van der Waals surface area contributed by atoms with Crippen molar-refractivity contribution in [3.8, 4) is 0 Å². The molecule has 23 heavy (non-hydrogen) atoms. The fourth-order valence-corrected chi connectivity index (χ4v) is 2.93. The maximum absolute atomic E-state index is 12.9. The molecule has 0 unspecified atom stereocenters. The number of nitrogens with zero attached hydrogens (tertiary/aromatic N) is 1. The molecule has 1 aliphatic heterocycles. The lowest BCUT2D eigenvalue weighted by molar-refractivity contribution is -0.115. The van der Waals surface area contributed by atoms with Crippen LogP contribution in [0.2, 0.25) is 0 Å². The van der Waals surface area contributed by atoms with Gasteiger partial charge in [0, 0.05) is 24.5 Å². The van der Waals surface area contributed by atoms with E-state index in [9.17, 15) is 9.18 Å². The third-order valence-electron chi connectivity index (χ3n) is 4.13. The van der Waals surface area contributed by atoms with Crippen molar-refractivity contribution in [2.45, 2.75) is 25.7 Å². The van der Waals surface area contributed by atoms with Crippen LogP contribution >= 0.6 is 0 Å². The lowest BCUT2D eigenvalue weighted by Gasteiger charge is -2.29. The number of halogens is 1. The molecule has 0 saturated carbocycles. The third kappa shape index (κ3) is 4.31. The second-order valence-corrected chi connectivity index (χ2v) is 5.95. The first-order valence-corrected chi connectivity index (χ1v) is 8.10. The quantitative estimate of drug-likeness (QED) is 0.925. The van der Waals surface area contributed by atoms with Crippen LogP contribution in [0.4, 0.5) is 15.8 Å². The molecule has 0 radical (unpaired) electrons. The van der Waals surface area contributed by atoms with Crippen molar-refractivity contribution in [1.29, 1.82) is 0 Å². The molecule has 3 rings (SSSR count). The number of anilines is 2. The van der Waals surface area contributed by atoms with E-state index in [0.29, 0.717) is 0 Å². The molecule has 1 aliphatic rings. The lowest BCUT2D eigenvalue weighted by Crippen LogP contribution is -2.29. The van der Waals surface area contributed by atoms with Gasteiger partial charge in [-0.15, -0.1) is 0 Å². The summed E-state index contributed by atoms with van der Waals surface area (Å²) in [5.74, 6) is -0.379. The van der Waals surface area contributed by atoms with Gasteiger partial charge in [-0.05, 0) is 55.2 Å². The fourth-order valence-electron chi connectivity index (χ4n) is 2.93. The van der Waals surface area contributed by atoms with E-state index < -0.39 is 0 Å². The molecule has 2 aromatic rings. The minimum atomic E-state index is -0.289. The van der Waals surface area contributed by atoms with Gasteiger partial charge in [0.15, 0.2) is 0 Å². The van der Waals surface area contributed by atoms with Gasteiger partial charge < -0.3 is 10.2 Å². The molecule has 120 valence electrons. The Morgan fingerprint density at radius 1 is 1.04 bits per heavy atom. The summed E-state index contributed by atoms with van der Waals surface area (Å²) in [5.41, 5.74) is 2.76. The molecule has 0 aliphatic carbocycles. The molecule has 1 amide bonds. The highest BCUT2D eigenvalue weighted by atomic mass is 19.1. The minimum Gasteiger partial charge on any atom is -0.371 e. The molecule has 1 fully saturated rings. The summed E-state index contributed by atoms with van der Waals surface area (Å²) in [5, 5.41) is 2.93. The van der Waals surface area contributed by atoms with Crippen molar-refractivity contribution >= 4 is 17.3 Å². The average Bonchev–Trinajstić information content (AvgIpc) is 2.58. The molecule has 0 atom stereocenters. The van der Waals surface area contributed by atoms with E-state index in [1.165, 1.54) is 31.4 Å². The van der Waals surface area contributed by atoms with Gasteiger partial charge in [0.1, 0.15) is 5.82 Å². The van der Waals surface area contributed by atoms with Crippen LogP contribution in [0.3, 0.4) is 0 Å². The van der Waals surface area contributed by atoms with Crippen LogP contribution in [-0.4, -0.2) is 19.0 Å². The average molecular weight is 312 g/mol. The third-order valence-corrected chi connectivity index (χ3v) is 4.13. The maximum Gasteiger partial charge on any atom is 0.228 e. The van der Waals surface area contributed by atoms with E-state index >= 15 is 0 Å². The first-order valence-electron chi connectivity index (χ1n) is 8.10. The monoisotopic (exact) mass is 312 g/mol. The van der Waals surface area contributed by atoms with Gasteiger partial charge in [0.05, 0.1) is 6.42 Å². The van der Waals surface area contributed by atoms with Crippen molar-refractivity contribution in [3.63, 3.8) is 0 Å². The summed E-state index contributed by atoms with van der Waals surface area (Å²) in [7, 11) is 0. The van der Waals surface area contributed by atoms with E-state index in [-0.39, 0.29) is 18.1 Å². The zero-order valence-corrected chi connectivity index (χ0v) is 13.1. The Morgan fingerprint density at radius 2 is 1.78 bits per heavy atom. The first-order chi connectivity index (χ1) is 11.2. The molecule has 2 aromatic carbocycles. The van der Waals surface area contributed by atoms with Gasteiger partial charge in [0.25, 0.3) is 0 Å². The van der Waals surface area contributed by atoms with Gasteiger partial charge in [0.2, 0.25) is 5.91 Å². The lowest BCUT2D eigenvalue weighted by atomic mass is 10.1. The predicted octanol–water partition coefficient (Wildman–Crippen LogP) is 4.00. The number of carbonyl (C=O) groups is 1. The SMILES string of the molecule is O=C(Cc1ccc(F)cc1)Nc1cccc(N2CCCCC2)c1. The van der Waals surface area contributed by atoms with E-state index in [0.717, 1.165) is 30.0 Å². The number of piperidine rings is 1. The van der Waals surface area contributed by atoms with Gasteiger partial charge in [-0.1, -0.05) is 18.2 Å². The Hall–Kier alpha value is -2.36. The van der Waals surface area contributed by atoms with E-state index in [1.54, 1.807) is 12.1 Å². The Balaban J connectivity index is 1.62. The molecule has 1 saturated heterocycles. The van der Waals surface area contributed by atoms with Crippen LogP contribution in [0.5, 0.6) is 0 Å². The number of hydrogen-bond acceptors (Lipinski definition) is 2. The topological polar surface area (TPSA) is 32.3 Å². The highest BCUT2D eigenvalue weighted by Gasteiger charge is 2.12. The van der Waals surface area contributed by atoms with Crippen LogP contribution in [0.15, 0.2) is 48.5 Å². The summed E-state index contributed by atoms with van der Waals surface area (Å²) in [6.45, 7) is 2.15. The summed E-state index contributed by atoms with van der Waals surface area (Å²) in [6, 6.07) is 14.0. The highest BCUT2D eigenvalue weighted by Crippen LogP contribution is 2.23. The second kappa shape index (κ2) is 7.27. The van der Waals surface area contributed by atoms with Crippen LogP contribution in [0.1, 0.15) is 24.8 Å². The fraction of sp³-hybridized carbons (Fsp3) is 0.316. The second-order valence-electron chi connectivity index (χ2n) is 5.95. The molecular weight excluding hydrogens is 291 g/mol. The highest BCUT2D eigenvalue weighted by molar-refractivity contribution is 5.92. The minimum absolute atomic E-state index is 0.0904. The predicted molar refractivity (Wildman–Crippen MR) is 91.2 cm³/mol. The smallest absolute Gasteiger partial charge is 0.228 e. The number of carbonyl (C=O) groups excluding carboxylic acids is 1. The number of nitrogens with one attached hydrogen (secondary N) is 1. The van der Waals surface area contributed by atoms with E-state index in [1.807, 2.05) is 18.2 Å². The van der Waals surface area contributed by atoms with Gasteiger partial charge >= 0.3 is 0 Å². The van der Waals surface area contributed by atoms with Gasteiger partial charge in [-0.25, -0.2) is 4.39 Å². The summed E-state index contributed by atoms with van der Waals surface area (Å²) in [6.07, 6.45) is 3.99. The molecule has 1 N–H and O–H groups in total. The van der Waals surface area contributed by atoms with Crippen LogP contribution < -0.4 is 10.2 Å². The summed E-state index contributed by atoms with van der Waals surface area (Å²) in [4.78, 5) is 14.5. The zero-order chi connectivity index (χ0) is 16.1. The normalized spacial score (nSPS) is 14.6. The Kier molecular flexibility index (Phi) is 4.91. The van der Waals surface area contributed by atoms with Crippen molar-refractivity contribution in [1.82, 2.24) is 0 Å². The Labute approximate surface area is 136 Å². The molecule has 0 bridgehead atoms. The number of amides is 1. The Bertz CT molecular complexity index is 663. The number of benzene rings is 2. The summed E-state index contributed by atoms with van der Waals surface area (Å²) < 4.78 is 12.9. The van der Waals surface area contributed by atoms with Crippen LogP contribution in [0.25, 0.3) is 0 Å². The standard InChI is InChI=1S/C19H21FN2O/c20-16-9-7-15(8-10-16)13-19(23)21-17-5-4-6-18(14-17)22-11-2-1-3-12-22/h4-10,14H,1-3,11-13H2,(H,21,23). The largest absolute Gasteiger partial charge is 0.371 e. The van der Waals surface area contributed by atoms with Crippen molar-refractivity contribution in [2.24, 2.45) is 0 Å². The Morgan fingerprint density at radius 3 is 2.52 bits per heavy atom. The molecule has 1 heterocycles.